The van der Waals surface area contributed by atoms with Gasteiger partial charge in [-0.05, 0) is 112 Å². The van der Waals surface area contributed by atoms with Crippen molar-refractivity contribution in [2.24, 2.45) is 0 Å². The molecular formula is C48H52N2O7. The van der Waals surface area contributed by atoms with Crippen LogP contribution < -0.4 is 29.6 Å². The largest absolute Gasteiger partial charge is 0.496 e. The van der Waals surface area contributed by atoms with Crippen molar-refractivity contribution in [3.63, 3.8) is 0 Å². The Labute approximate surface area is 336 Å². The van der Waals surface area contributed by atoms with Gasteiger partial charge < -0.3 is 39.1 Å². The van der Waals surface area contributed by atoms with Crippen LogP contribution in [0.5, 0.6) is 23.0 Å². The zero-order valence-electron chi connectivity index (χ0n) is 34.5. The normalized spacial score (nSPS) is 18.8. The van der Waals surface area contributed by atoms with Gasteiger partial charge in [-0.25, -0.2) is 4.79 Å². The van der Waals surface area contributed by atoms with E-state index in [2.05, 4.69) is 94.7 Å². The summed E-state index contributed by atoms with van der Waals surface area (Å²) in [5.41, 5.74) is 13.0. The molecule has 0 aliphatic carbocycles. The SMILES string of the molecule is COC(=O)/C=C/C1Oc2cccc(OC)c2-c2ccc3c(c21)C(C)=CC(C)(C)N3.COC/C=C/C1Oc2cccc(OC)c2-c2ccc3c(c21)C(C)=CC(C)(C)N3. The number of hydrogen-bond acceptors (Lipinski definition) is 9. The van der Waals surface area contributed by atoms with Crippen LogP contribution in [-0.4, -0.2) is 52.1 Å². The van der Waals surface area contributed by atoms with Gasteiger partial charge in [-0.15, -0.1) is 0 Å². The van der Waals surface area contributed by atoms with Crippen LogP contribution in [0.25, 0.3) is 33.4 Å². The fourth-order valence-corrected chi connectivity index (χ4v) is 8.58. The van der Waals surface area contributed by atoms with Gasteiger partial charge in [0, 0.05) is 46.8 Å². The number of nitrogens with one attached hydrogen (secondary N) is 2. The minimum atomic E-state index is -0.426. The molecule has 0 radical (unpaired) electrons. The summed E-state index contributed by atoms with van der Waals surface area (Å²) in [4.78, 5) is 11.7. The number of esters is 1. The summed E-state index contributed by atoms with van der Waals surface area (Å²) in [6, 6.07) is 20.2. The zero-order chi connectivity index (χ0) is 40.6. The Bertz CT molecular complexity index is 2350. The van der Waals surface area contributed by atoms with Gasteiger partial charge >= 0.3 is 5.97 Å². The van der Waals surface area contributed by atoms with Crippen LogP contribution >= 0.6 is 0 Å². The van der Waals surface area contributed by atoms with Gasteiger partial charge in [0.15, 0.2) is 0 Å². The average molecular weight is 769 g/mol. The van der Waals surface area contributed by atoms with E-state index < -0.39 is 12.1 Å². The summed E-state index contributed by atoms with van der Waals surface area (Å²) < 4.78 is 34.0. The molecule has 9 heteroatoms. The Morgan fingerprint density at radius 2 is 1.14 bits per heavy atom. The van der Waals surface area contributed by atoms with Gasteiger partial charge in [-0.1, -0.05) is 42.5 Å². The number of carbonyl (C=O) groups excluding carboxylic acids is 1. The lowest BCUT2D eigenvalue weighted by Crippen LogP contribution is -2.32. The predicted octanol–water partition coefficient (Wildman–Crippen LogP) is 10.7. The Morgan fingerprint density at radius 1 is 0.667 bits per heavy atom. The van der Waals surface area contributed by atoms with E-state index >= 15 is 0 Å². The molecule has 0 spiro atoms. The molecule has 0 bridgehead atoms. The molecule has 0 fully saturated rings. The quantitative estimate of drug-likeness (QED) is 0.108. The van der Waals surface area contributed by atoms with E-state index in [0.717, 1.165) is 67.8 Å². The lowest BCUT2D eigenvalue weighted by molar-refractivity contribution is -0.134. The highest BCUT2D eigenvalue weighted by Crippen LogP contribution is 2.54. The Hall–Kier alpha value is -5.93. The van der Waals surface area contributed by atoms with Crippen LogP contribution in [0.1, 0.15) is 76.0 Å². The number of hydrogen-bond donors (Lipinski definition) is 2. The number of ether oxygens (including phenoxy) is 6. The average Bonchev–Trinajstić information content (AvgIpc) is 3.17. The van der Waals surface area contributed by atoms with Crippen molar-refractivity contribution in [2.75, 3.05) is 45.7 Å². The van der Waals surface area contributed by atoms with E-state index in [1.165, 1.54) is 35.5 Å². The molecule has 4 aliphatic heterocycles. The van der Waals surface area contributed by atoms with Crippen LogP contribution in [0.15, 0.2) is 97.1 Å². The van der Waals surface area contributed by atoms with E-state index in [4.69, 9.17) is 28.4 Å². The third kappa shape index (κ3) is 7.52. The number of allylic oxidation sites excluding steroid dienone is 2. The second-order valence-electron chi connectivity index (χ2n) is 15.8. The zero-order valence-corrected chi connectivity index (χ0v) is 34.5. The smallest absolute Gasteiger partial charge is 0.330 e. The van der Waals surface area contributed by atoms with Crippen LogP contribution in [0.2, 0.25) is 0 Å². The van der Waals surface area contributed by atoms with E-state index in [-0.39, 0.29) is 17.2 Å². The van der Waals surface area contributed by atoms with Crippen LogP contribution in [-0.2, 0) is 14.3 Å². The first kappa shape index (κ1) is 39.3. The van der Waals surface area contributed by atoms with Crippen LogP contribution in [0.4, 0.5) is 11.4 Å². The highest BCUT2D eigenvalue weighted by molar-refractivity contribution is 5.93. The molecule has 0 amide bonds. The molecule has 2 N–H and O–H groups in total. The molecule has 57 heavy (non-hydrogen) atoms. The highest BCUT2D eigenvalue weighted by atomic mass is 16.5. The summed E-state index contributed by atoms with van der Waals surface area (Å²) in [6.45, 7) is 13.5. The standard InChI is InChI=1S/C24H25NO4.C24H27NO3/c1-14-13-24(2,3)25-16-10-9-15-22-17(27-4)7-6-8-18(22)29-19(23(15)21(14)16)11-12-20(26)28-5;1-15-14-24(2,3)25-17-12-11-16-22-18(27-5)8-6-9-19(22)28-20(10-7-13-26-4)23(16)21(15)17/h6-13,19,25H,1-5H3;6-12,14,20,25H,13H2,1-5H3/b12-11+;10-7+. The van der Waals surface area contributed by atoms with Gasteiger partial charge in [-0.3, -0.25) is 0 Å². The van der Waals surface area contributed by atoms with Crippen molar-refractivity contribution in [3.05, 3.63) is 119 Å². The first-order valence-electron chi connectivity index (χ1n) is 19.2. The summed E-state index contributed by atoms with van der Waals surface area (Å²) in [5.74, 6) is 2.73. The van der Waals surface area contributed by atoms with Crippen LogP contribution in [0, 0.1) is 0 Å². The maximum Gasteiger partial charge on any atom is 0.330 e. The lowest BCUT2D eigenvalue weighted by Gasteiger charge is -2.36. The molecule has 8 rings (SSSR count). The fourth-order valence-electron chi connectivity index (χ4n) is 8.58. The number of anilines is 2. The van der Waals surface area contributed by atoms with Gasteiger partial charge in [0.1, 0.15) is 35.2 Å². The summed E-state index contributed by atoms with van der Waals surface area (Å²) in [5, 5.41) is 7.23. The third-order valence-corrected chi connectivity index (χ3v) is 10.6. The number of methoxy groups -OCH3 is 4. The van der Waals surface area contributed by atoms with Crippen molar-refractivity contribution < 1.29 is 33.2 Å². The molecule has 2 unspecified atom stereocenters. The fraction of sp³-hybridized carbons (Fsp3) is 0.312. The van der Waals surface area contributed by atoms with Gasteiger partial charge in [0.2, 0.25) is 0 Å². The lowest BCUT2D eigenvalue weighted by atomic mass is 9.81. The molecule has 0 saturated carbocycles. The van der Waals surface area contributed by atoms with E-state index in [1.807, 2.05) is 42.5 Å². The first-order chi connectivity index (χ1) is 27.3. The minimum absolute atomic E-state index is 0.0855. The summed E-state index contributed by atoms with van der Waals surface area (Å²) in [6.07, 6.45) is 11.1. The molecule has 4 aliphatic rings. The van der Waals surface area contributed by atoms with Crippen LogP contribution in [0.3, 0.4) is 0 Å². The molecule has 296 valence electrons. The molecule has 4 aromatic carbocycles. The maximum absolute atomic E-state index is 11.7. The number of rotatable bonds is 7. The summed E-state index contributed by atoms with van der Waals surface area (Å²) >= 11 is 0. The third-order valence-electron chi connectivity index (χ3n) is 10.6. The van der Waals surface area contributed by atoms with Crippen molar-refractivity contribution in [3.8, 4) is 45.3 Å². The molecule has 2 atom stereocenters. The number of carbonyl (C=O) groups is 1. The Morgan fingerprint density at radius 3 is 1.58 bits per heavy atom. The molecule has 0 aromatic heterocycles. The molecule has 9 nitrogen and oxygen atoms in total. The van der Waals surface area contributed by atoms with Gasteiger partial charge in [-0.2, -0.15) is 0 Å². The number of fused-ring (bicyclic) bond motifs is 10. The predicted molar refractivity (Wildman–Crippen MR) is 228 cm³/mol. The van der Waals surface area contributed by atoms with E-state index in [9.17, 15) is 4.79 Å². The maximum atomic E-state index is 11.7. The Kier molecular flexibility index (Phi) is 10.7. The van der Waals surface area contributed by atoms with Crippen molar-refractivity contribution >= 4 is 28.5 Å². The van der Waals surface area contributed by atoms with Crippen molar-refractivity contribution in [1.29, 1.82) is 0 Å². The van der Waals surface area contributed by atoms with Gasteiger partial charge in [0.05, 0.1) is 50.1 Å². The monoisotopic (exact) mass is 768 g/mol. The topological polar surface area (TPSA) is 96.5 Å². The molecular weight excluding hydrogens is 717 g/mol. The second-order valence-corrected chi connectivity index (χ2v) is 15.8. The van der Waals surface area contributed by atoms with E-state index in [0.29, 0.717) is 6.61 Å². The molecule has 4 heterocycles. The highest BCUT2D eigenvalue weighted by Gasteiger charge is 2.36. The minimum Gasteiger partial charge on any atom is -0.496 e. The second kappa shape index (κ2) is 15.5. The Balaban J connectivity index is 0.000000174. The number of benzene rings is 4. The molecule has 4 aromatic rings. The van der Waals surface area contributed by atoms with Crippen molar-refractivity contribution in [2.45, 2.75) is 64.8 Å². The summed E-state index contributed by atoms with van der Waals surface area (Å²) in [7, 11) is 6.42. The van der Waals surface area contributed by atoms with E-state index in [1.54, 1.807) is 27.4 Å². The molecule has 0 saturated heterocycles. The van der Waals surface area contributed by atoms with Gasteiger partial charge in [0.25, 0.3) is 0 Å². The first-order valence-corrected chi connectivity index (χ1v) is 19.2. The van der Waals surface area contributed by atoms with Crippen molar-refractivity contribution in [1.82, 2.24) is 0 Å².